The van der Waals surface area contributed by atoms with Crippen molar-refractivity contribution in [3.63, 3.8) is 0 Å². The first-order valence-corrected chi connectivity index (χ1v) is 3.49. The van der Waals surface area contributed by atoms with Gasteiger partial charge in [-0.2, -0.15) is 12.6 Å². The summed E-state index contributed by atoms with van der Waals surface area (Å²) in [6.45, 7) is 0. The normalized spacial score (nSPS) is 9.44. The fourth-order valence-electron chi connectivity index (χ4n) is 0.619. The molecule has 0 spiro atoms. The lowest BCUT2D eigenvalue weighted by atomic mass is 10.2. The Morgan fingerprint density at radius 2 is 2.56 bits per heavy atom. The van der Waals surface area contributed by atoms with Gasteiger partial charge in [0.15, 0.2) is 0 Å². The third-order valence-corrected chi connectivity index (χ3v) is 1.27. The van der Waals surface area contributed by atoms with E-state index in [0.717, 1.165) is 17.7 Å². The molecule has 0 atom stereocenters. The van der Waals surface area contributed by atoms with Gasteiger partial charge in [-0.25, -0.2) is 0 Å². The Balaban J connectivity index is 2.61. The molecule has 0 N–H and O–H groups in total. The van der Waals surface area contributed by atoms with Crippen LogP contribution in [0.1, 0.15) is 5.56 Å². The van der Waals surface area contributed by atoms with Crippen molar-refractivity contribution in [3.8, 4) is 0 Å². The van der Waals surface area contributed by atoms with Gasteiger partial charge in [0.25, 0.3) is 0 Å². The Hall–Kier alpha value is -0.500. The van der Waals surface area contributed by atoms with Gasteiger partial charge in [-0.1, -0.05) is 6.07 Å². The number of thiol groups is 1. The smallest absolute Gasteiger partial charge is 0.0921 e. The van der Waals surface area contributed by atoms with Crippen LogP contribution in [0.15, 0.2) is 18.3 Å². The van der Waals surface area contributed by atoms with Gasteiger partial charge in [-0.3, -0.25) is 4.98 Å². The monoisotopic (exact) mass is 138 g/mol. The van der Waals surface area contributed by atoms with E-state index in [4.69, 9.17) is 0 Å². The summed E-state index contributed by atoms with van der Waals surface area (Å²) in [4.78, 5) is 3.84. The summed E-state index contributed by atoms with van der Waals surface area (Å²) in [7, 11) is 0. The van der Waals surface area contributed by atoms with Crippen molar-refractivity contribution in [1.82, 2.24) is 4.98 Å². The Kier molecular flexibility index (Phi) is 2.58. The highest BCUT2D eigenvalue weighted by Gasteiger charge is 1.87. The number of aryl methyl sites for hydroxylation is 1. The maximum atomic E-state index is 4.08. The number of pyridine rings is 1. The molecule has 0 aliphatic heterocycles. The van der Waals surface area contributed by atoms with Crippen LogP contribution in [0.2, 0.25) is 0 Å². The van der Waals surface area contributed by atoms with Crippen LogP contribution in [-0.4, -0.2) is 10.7 Å². The van der Waals surface area contributed by atoms with Crippen LogP contribution in [0, 0.1) is 6.20 Å². The predicted octanol–water partition coefficient (Wildman–Crippen LogP) is 1.35. The van der Waals surface area contributed by atoms with Crippen molar-refractivity contribution in [2.24, 2.45) is 0 Å². The Morgan fingerprint density at radius 3 is 3.11 bits per heavy atom. The van der Waals surface area contributed by atoms with E-state index in [2.05, 4.69) is 23.8 Å². The van der Waals surface area contributed by atoms with E-state index in [1.165, 1.54) is 0 Å². The lowest BCUT2D eigenvalue weighted by molar-refractivity contribution is 1.11. The number of hydrogen-bond acceptors (Lipinski definition) is 2. The topological polar surface area (TPSA) is 12.9 Å². The molecular weight excluding hydrogens is 130 g/mol. The van der Waals surface area contributed by atoms with Crippen molar-refractivity contribution >= 4 is 12.6 Å². The highest BCUT2D eigenvalue weighted by molar-refractivity contribution is 7.80. The molecule has 0 bridgehead atoms. The largest absolute Gasteiger partial charge is 0.254 e. The minimum Gasteiger partial charge on any atom is -0.254 e. The zero-order valence-electron chi connectivity index (χ0n) is 5.04. The van der Waals surface area contributed by atoms with E-state index in [9.17, 15) is 0 Å². The molecule has 1 heterocycles. The number of nitrogens with zero attached hydrogens (tertiary/aromatic N) is 1. The molecule has 47 valence electrons. The van der Waals surface area contributed by atoms with Gasteiger partial charge in [-0.15, -0.1) is 0 Å². The molecule has 1 nitrogen and oxygen atoms in total. The first kappa shape index (κ1) is 6.62. The first-order valence-electron chi connectivity index (χ1n) is 2.86. The quantitative estimate of drug-likeness (QED) is 0.609. The van der Waals surface area contributed by atoms with Crippen LogP contribution in [0.5, 0.6) is 0 Å². The molecular formula is C7H8NS. The van der Waals surface area contributed by atoms with Crippen molar-refractivity contribution < 1.29 is 0 Å². The molecule has 1 radical (unpaired) electrons. The van der Waals surface area contributed by atoms with Gasteiger partial charge in [0, 0.05) is 6.20 Å². The summed E-state index contributed by atoms with van der Waals surface area (Å²) >= 11 is 4.08. The second kappa shape index (κ2) is 3.51. The molecule has 2 heteroatoms. The van der Waals surface area contributed by atoms with E-state index in [0.29, 0.717) is 0 Å². The van der Waals surface area contributed by atoms with Crippen molar-refractivity contribution in [2.75, 3.05) is 5.75 Å². The van der Waals surface area contributed by atoms with Gasteiger partial charge in [-0.05, 0) is 23.8 Å². The molecule has 0 aliphatic carbocycles. The maximum Gasteiger partial charge on any atom is 0.0921 e. The summed E-state index contributed by atoms with van der Waals surface area (Å²) in [6, 6.07) is 3.92. The average Bonchev–Trinajstić information content (AvgIpc) is 1.91. The van der Waals surface area contributed by atoms with Crippen LogP contribution in [-0.2, 0) is 6.42 Å². The highest BCUT2D eigenvalue weighted by Crippen LogP contribution is 1.95. The molecule has 0 aromatic carbocycles. The molecule has 0 saturated carbocycles. The SMILES string of the molecule is SCCc1[c]nccc1. The van der Waals surface area contributed by atoms with Crippen molar-refractivity contribution in [3.05, 3.63) is 30.1 Å². The molecule has 0 saturated heterocycles. The van der Waals surface area contributed by atoms with E-state index in [1.807, 2.05) is 12.1 Å². The zero-order valence-corrected chi connectivity index (χ0v) is 5.94. The van der Waals surface area contributed by atoms with Crippen LogP contribution in [0.3, 0.4) is 0 Å². The third-order valence-electron chi connectivity index (χ3n) is 1.05. The van der Waals surface area contributed by atoms with Crippen LogP contribution >= 0.6 is 12.6 Å². The summed E-state index contributed by atoms with van der Waals surface area (Å²) in [6.07, 6.45) is 5.55. The third kappa shape index (κ3) is 2.06. The molecule has 1 aromatic rings. The maximum absolute atomic E-state index is 4.08. The van der Waals surface area contributed by atoms with Crippen LogP contribution < -0.4 is 0 Å². The first-order chi connectivity index (χ1) is 4.43. The molecule has 0 amide bonds. The van der Waals surface area contributed by atoms with Gasteiger partial charge < -0.3 is 0 Å². The average molecular weight is 138 g/mol. The minimum absolute atomic E-state index is 0.863. The molecule has 0 aliphatic rings. The van der Waals surface area contributed by atoms with E-state index in [-0.39, 0.29) is 0 Å². The van der Waals surface area contributed by atoms with E-state index in [1.54, 1.807) is 6.20 Å². The molecule has 0 unspecified atom stereocenters. The lowest BCUT2D eigenvalue weighted by Crippen LogP contribution is -1.85. The highest BCUT2D eigenvalue weighted by atomic mass is 32.1. The Labute approximate surface area is 60.5 Å². The fourth-order valence-corrected chi connectivity index (χ4v) is 0.860. The predicted molar refractivity (Wildman–Crippen MR) is 40.6 cm³/mol. The second-order valence-electron chi connectivity index (χ2n) is 1.75. The second-order valence-corrected chi connectivity index (χ2v) is 2.20. The Bertz CT molecular complexity index is 162. The molecule has 1 rings (SSSR count). The van der Waals surface area contributed by atoms with Gasteiger partial charge in [0.05, 0.1) is 6.20 Å². The molecule has 9 heavy (non-hydrogen) atoms. The van der Waals surface area contributed by atoms with Gasteiger partial charge in [0.2, 0.25) is 0 Å². The van der Waals surface area contributed by atoms with Crippen molar-refractivity contribution in [1.29, 1.82) is 0 Å². The number of hydrogen-bond donors (Lipinski definition) is 1. The summed E-state index contributed by atoms with van der Waals surface area (Å²) in [5.74, 6) is 0.863. The lowest BCUT2D eigenvalue weighted by Gasteiger charge is -1.91. The van der Waals surface area contributed by atoms with Gasteiger partial charge in [0.1, 0.15) is 0 Å². The van der Waals surface area contributed by atoms with Crippen LogP contribution in [0.25, 0.3) is 0 Å². The van der Waals surface area contributed by atoms with Gasteiger partial charge >= 0.3 is 0 Å². The van der Waals surface area contributed by atoms with Crippen LogP contribution in [0.4, 0.5) is 0 Å². The standard InChI is InChI=1S/C7H8NS/c9-5-3-7-2-1-4-8-6-7/h1-2,4,9H,3,5H2. The van der Waals surface area contributed by atoms with E-state index < -0.39 is 0 Å². The fraction of sp³-hybridized carbons (Fsp3) is 0.286. The molecule has 1 aromatic heterocycles. The number of aromatic nitrogens is 1. The number of rotatable bonds is 2. The Morgan fingerprint density at radius 1 is 1.67 bits per heavy atom. The summed E-state index contributed by atoms with van der Waals surface area (Å²) in [5, 5.41) is 0. The molecule has 0 fully saturated rings. The van der Waals surface area contributed by atoms with Crippen molar-refractivity contribution in [2.45, 2.75) is 6.42 Å². The van der Waals surface area contributed by atoms with E-state index >= 15 is 0 Å². The zero-order chi connectivity index (χ0) is 6.53. The summed E-state index contributed by atoms with van der Waals surface area (Å²) in [5.41, 5.74) is 1.13. The summed E-state index contributed by atoms with van der Waals surface area (Å²) < 4.78 is 0. The minimum atomic E-state index is 0.863.